The van der Waals surface area contributed by atoms with E-state index in [-0.39, 0.29) is 0 Å². The van der Waals surface area contributed by atoms with Crippen LogP contribution < -0.4 is 0 Å². The SMILES string of the molecule is CCN(CC#N)Cc1ccc(Br)s1. The van der Waals surface area contributed by atoms with Gasteiger partial charge in [-0.2, -0.15) is 5.26 Å². The molecular formula is C9H11BrN2S. The van der Waals surface area contributed by atoms with Crippen molar-refractivity contribution in [3.8, 4) is 6.07 Å². The first-order chi connectivity index (χ1) is 6.26. The summed E-state index contributed by atoms with van der Waals surface area (Å²) >= 11 is 5.14. The molecule has 0 N–H and O–H groups in total. The van der Waals surface area contributed by atoms with Gasteiger partial charge in [-0.05, 0) is 34.6 Å². The first-order valence-corrected chi connectivity index (χ1v) is 5.70. The molecule has 0 radical (unpaired) electrons. The van der Waals surface area contributed by atoms with Crippen molar-refractivity contribution >= 4 is 27.3 Å². The molecule has 2 nitrogen and oxygen atoms in total. The van der Waals surface area contributed by atoms with Crippen molar-refractivity contribution in [2.75, 3.05) is 13.1 Å². The van der Waals surface area contributed by atoms with Crippen LogP contribution in [0, 0.1) is 11.3 Å². The lowest BCUT2D eigenvalue weighted by atomic mass is 10.4. The van der Waals surface area contributed by atoms with Crippen LogP contribution >= 0.6 is 27.3 Å². The van der Waals surface area contributed by atoms with Gasteiger partial charge in [0, 0.05) is 11.4 Å². The van der Waals surface area contributed by atoms with Gasteiger partial charge in [-0.25, -0.2) is 0 Å². The molecule has 0 aliphatic rings. The molecule has 0 saturated carbocycles. The Kier molecular flexibility index (Phi) is 4.43. The average Bonchev–Trinajstić information content (AvgIpc) is 2.50. The summed E-state index contributed by atoms with van der Waals surface area (Å²) in [6.45, 7) is 4.37. The topological polar surface area (TPSA) is 27.0 Å². The van der Waals surface area contributed by atoms with E-state index in [2.05, 4.69) is 39.9 Å². The Morgan fingerprint density at radius 3 is 2.85 bits per heavy atom. The number of thiophene rings is 1. The highest BCUT2D eigenvalue weighted by Crippen LogP contribution is 2.22. The Morgan fingerprint density at radius 1 is 1.62 bits per heavy atom. The van der Waals surface area contributed by atoms with Gasteiger partial charge >= 0.3 is 0 Å². The Morgan fingerprint density at radius 2 is 2.38 bits per heavy atom. The van der Waals surface area contributed by atoms with E-state index in [0.717, 1.165) is 16.9 Å². The smallest absolute Gasteiger partial charge is 0.0869 e. The Hall–Kier alpha value is -0.370. The summed E-state index contributed by atoms with van der Waals surface area (Å²) in [6, 6.07) is 6.30. The van der Waals surface area contributed by atoms with Crippen LogP contribution in [0.3, 0.4) is 0 Å². The maximum atomic E-state index is 8.55. The summed E-state index contributed by atoms with van der Waals surface area (Å²) in [6.07, 6.45) is 0. The van der Waals surface area contributed by atoms with Gasteiger partial charge in [0.2, 0.25) is 0 Å². The summed E-state index contributed by atoms with van der Waals surface area (Å²) < 4.78 is 1.15. The van der Waals surface area contributed by atoms with Crippen molar-refractivity contribution in [2.45, 2.75) is 13.5 Å². The zero-order valence-electron chi connectivity index (χ0n) is 7.46. The van der Waals surface area contributed by atoms with Crippen molar-refractivity contribution in [3.63, 3.8) is 0 Å². The zero-order chi connectivity index (χ0) is 9.68. The molecule has 70 valence electrons. The second-order valence-corrected chi connectivity index (χ2v) is 5.21. The molecule has 0 aliphatic heterocycles. The summed E-state index contributed by atoms with van der Waals surface area (Å²) in [5.41, 5.74) is 0. The normalized spacial score (nSPS) is 10.3. The molecule has 1 aromatic rings. The van der Waals surface area contributed by atoms with E-state index in [1.807, 2.05) is 6.07 Å². The van der Waals surface area contributed by atoms with Crippen LogP contribution in [-0.2, 0) is 6.54 Å². The fourth-order valence-corrected chi connectivity index (χ4v) is 2.56. The minimum Gasteiger partial charge on any atom is -0.286 e. The van der Waals surface area contributed by atoms with Gasteiger partial charge in [-0.15, -0.1) is 11.3 Å². The molecule has 1 rings (SSSR count). The molecule has 0 aliphatic carbocycles. The fraction of sp³-hybridized carbons (Fsp3) is 0.444. The van der Waals surface area contributed by atoms with Crippen LogP contribution in [0.4, 0.5) is 0 Å². The number of hydrogen-bond donors (Lipinski definition) is 0. The van der Waals surface area contributed by atoms with E-state index in [1.165, 1.54) is 4.88 Å². The molecule has 13 heavy (non-hydrogen) atoms. The molecule has 0 unspecified atom stereocenters. The zero-order valence-corrected chi connectivity index (χ0v) is 9.86. The molecule has 0 aromatic carbocycles. The summed E-state index contributed by atoms with van der Waals surface area (Å²) in [5, 5.41) is 8.55. The van der Waals surface area contributed by atoms with Gasteiger partial charge in [0.05, 0.1) is 16.4 Å². The molecule has 4 heteroatoms. The molecule has 0 saturated heterocycles. The van der Waals surface area contributed by atoms with Gasteiger partial charge in [-0.3, -0.25) is 4.90 Å². The van der Waals surface area contributed by atoms with Crippen molar-refractivity contribution in [2.24, 2.45) is 0 Å². The van der Waals surface area contributed by atoms with Gasteiger partial charge in [0.25, 0.3) is 0 Å². The molecule has 0 spiro atoms. The molecule has 1 aromatic heterocycles. The monoisotopic (exact) mass is 258 g/mol. The van der Waals surface area contributed by atoms with Gasteiger partial charge in [-0.1, -0.05) is 6.92 Å². The third kappa shape index (κ3) is 3.47. The second-order valence-electron chi connectivity index (χ2n) is 2.67. The van der Waals surface area contributed by atoms with E-state index < -0.39 is 0 Å². The average molecular weight is 259 g/mol. The van der Waals surface area contributed by atoms with E-state index >= 15 is 0 Å². The molecule has 0 fully saturated rings. The van der Waals surface area contributed by atoms with Crippen molar-refractivity contribution in [1.29, 1.82) is 5.26 Å². The Labute approximate surface area is 90.9 Å². The van der Waals surface area contributed by atoms with E-state index in [9.17, 15) is 0 Å². The van der Waals surface area contributed by atoms with Crippen molar-refractivity contribution in [1.82, 2.24) is 4.90 Å². The molecule has 1 heterocycles. The van der Waals surface area contributed by atoms with Gasteiger partial charge in [0.15, 0.2) is 0 Å². The quantitative estimate of drug-likeness (QED) is 0.777. The maximum Gasteiger partial charge on any atom is 0.0869 e. The largest absolute Gasteiger partial charge is 0.286 e. The number of nitrogens with zero attached hydrogens (tertiary/aromatic N) is 2. The Balaban J connectivity index is 2.52. The van der Waals surface area contributed by atoms with Crippen molar-refractivity contribution in [3.05, 3.63) is 20.8 Å². The highest BCUT2D eigenvalue weighted by atomic mass is 79.9. The predicted octanol–water partition coefficient (Wildman–Crippen LogP) is 2.86. The first kappa shape index (κ1) is 10.7. The minimum atomic E-state index is 0.506. The lowest BCUT2D eigenvalue weighted by molar-refractivity contribution is 0.317. The molecule has 0 amide bonds. The van der Waals surface area contributed by atoms with Crippen LogP contribution in [0.2, 0.25) is 0 Å². The molecule has 0 atom stereocenters. The third-order valence-electron chi connectivity index (χ3n) is 1.75. The lowest BCUT2D eigenvalue weighted by Crippen LogP contribution is -2.22. The first-order valence-electron chi connectivity index (χ1n) is 4.09. The highest BCUT2D eigenvalue weighted by Gasteiger charge is 2.04. The number of nitriles is 1. The van der Waals surface area contributed by atoms with Gasteiger partial charge in [0.1, 0.15) is 0 Å². The minimum absolute atomic E-state index is 0.506. The second kappa shape index (κ2) is 5.38. The highest BCUT2D eigenvalue weighted by molar-refractivity contribution is 9.11. The standard InChI is InChI=1S/C9H11BrN2S/c1-2-12(6-5-11)7-8-3-4-9(10)13-8/h3-4H,2,6-7H2,1H3. The predicted molar refractivity (Wildman–Crippen MR) is 58.6 cm³/mol. The van der Waals surface area contributed by atoms with Crippen LogP contribution in [0.15, 0.2) is 15.9 Å². The lowest BCUT2D eigenvalue weighted by Gasteiger charge is -2.14. The molecule has 0 bridgehead atoms. The third-order valence-corrected chi connectivity index (χ3v) is 3.36. The van der Waals surface area contributed by atoms with Crippen LogP contribution in [-0.4, -0.2) is 18.0 Å². The summed E-state index contributed by atoms with van der Waals surface area (Å²) in [5.74, 6) is 0. The number of rotatable bonds is 4. The van der Waals surface area contributed by atoms with Crippen LogP contribution in [0.1, 0.15) is 11.8 Å². The van der Waals surface area contributed by atoms with Gasteiger partial charge < -0.3 is 0 Å². The Bertz CT molecular complexity index is 303. The van der Waals surface area contributed by atoms with Crippen molar-refractivity contribution < 1.29 is 0 Å². The maximum absolute atomic E-state index is 8.55. The van der Waals surface area contributed by atoms with E-state index in [1.54, 1.807) is 11.3 Å². The van der Waals surface area contributed by atoms with Crippen LogP contribution in [0.5, 0.6) is 0 Å². The number of hydrogen-bond acceptors (Lipinski definition) is 3. The molecular weight excluding hydrogens is 248 g/mol. The number of halogens is 1. The summed E-state index contributed by atoms with van der Waals surface area (Å²) in [7, 11) is 0. The van der Waals surface area contributed by atoms with Crippen LogP contribution in [0.25, 0.3) is 0 Å². The van der Waals surface area contributed by atoms with E-state index in [4.69, 9.17) is 5.26 Å². The fourth-order valence-electron chi connectivity index (χ4n) is 1.04. The summed E-state index contributed by atoms with van der Waals surface area (Å²) in [4.78, 5) is 3.40. The van der Waals surface area contributed by atoms with E-state index in [0.29, 0.717) is 6.54 Å².